The first kappa shape index (κ1) is 9.58. The van der Waals surface area contributed by atoms with E-state index in [0.717, 1.165) is 29.9 Å². The van der Waals surface area contributed by atoms with E-state index in [9.17, 15) is 0 Å². The molecule has 0 aliphatic heterocycles. The average Bonchev–Trinajstić information content (AvgIpc) is 2.29. The first-order chi connectivity index (χ1) is 7.36. The van der Waals surface area contributed by atoms with Gasteiger partial charge in [-0.3, -0.25) is 0 Å². The molecule has 1 heterocycles. The molecular formula is C11H12N4. The molecule has 4 nitrogen and oxygen atoms in total. The quantitative estimate of drug-likeness (QED) is 0.757. The molecule has 0 saturated carbocycles. The number of hydrogen-bond acceptors (Lipinski definition) is 4. The smallest absolute Gasteiger partial charge is 0.132 e. The number of hydrogen-bond donors (Lipinski definition) is 1. The lowest BCUT2D eigenvalue weighted by molar-refractivity contribution is 0.836. The van der Waals surface area contributed by atoms with Crippen LogP contribution < -0.4 is 5.73 Å². The minimum absolute atomic E-state index is 0.788. The van der Waals surface area contributed by atoms with E-state index in [1.165, 1.54) is 12.7 Å². The van der Waals surface area contributed by atoms with Crippen molar-refractivity contribution in [2.75, 3.05) is 5.73 Å². The summed E-state index contributed by atoms with van der Waals surface area (Å²) in [5.41, 5.74) is 7.79. The van der Waals surface area contributed by atoms with Gasteiger partial charge in [-0.2, -0.15) is 0 Å². The number of aromatic nitrogens is 3. The van der Waals surface area contributed by atoms with Gasteiger partial charge in [0.25, 0.3) is 0 Å². The third-order valence-corrected chi connectivity index (χ3v) is 2.22. The second-order valence-electron chi connectivity index (χ2n) is 3.25. The molecule has 0 spiro atoms. The average molecular weight is 200 g/mol. The van der Waals surface area contributed by atoms with Gasteiger partial charge in [0, 0.05) is 12.1 Å². The Labute approximate surface area is 88.2 Å². The molecule has 0 amide bonds. The first-order valence-corrected chi connectivity index (χ1v) is 4.80. The summed E-state index contributed by atoms with van der Waals surface area (Å²) in [5.74, 6) is 0.799. The zero-order chi connectivity index (χ0) is 10.5. The second kappa shape index (κ2) is 4.50. The number of anilines is 1. The van der Waals surface area contributed by atoms with Gasteiger partial charge in [-0.1, -0.05) is 18.2 Å². The molecule has 1 aromatic carbocycles. The number of nitrogens with zero attached hydrogens (tertiary/aromatic N) is 3. The van der Waals surface area contributed by atoms with Crippen LogP contribution in [-0.4, -0.2) is 15.0 Å². The number of aryl methyl sites for hydroxylation is 2. The highest BCUT2D eigenvalue weighted by molar-refractivity contribution is 5.46. The summed E-state index contributed by atoms with van der Waals surface area (Å²) in [5, 5.41) is 0. The Morgan fingerprint density at radius 3 is 2.47 bits per heavy atom. The maximum Gasteiger partial charge on any atom is 0.132 e. The number of nitrogens with two attached hydrogens (primary N) is 1. The van der Waals surface area contributed by atoms with Crippen LogP contribution in [0.25, 0.3) is 0 Å². The summed E-state index contributed by atoms with van der Waals surface area (Å²) in [6, 6.07) is 7.85. The van der Waals surface area contributed by atoms with Gasteiger partial charge < -0.3 is 5.73 Å². The van der Waals surface area contributed by atoms with Crippen molar-refractivity contribution in [1.82, 2.24) is 15.0 Å². The lowest BCUT2D eigenvalue weighted by atomic mass is 10.1. The molecule has 0 atom stereocenters. The normalized spacial score (nSPS) is 10.1. The Bertz CT molecular complexity index is 428. The minimum Gasteiger partial charge on any atom is -0.399 e. The molecular weight excluding hydrogens is 188 g/mol. The third kappa shape index (κ3) is 2.49. The predicted octanol–water partition coefficient (Wildman–Crippen LogP) is 1.24. The van der Waals surface area contributed by atoms with Gasteiger partial charge in [0.2, 0.25) is 0 Å². The number of nitrogen functional groups attached to an aromatic ring is 1. The lowest BCUT2D eigenvalue weighted by Crippen LogP contribution is -2.00. The van der Waals surface area contributed by atoms with Crippen molar-refractivity contribution in [2.24, 2.45) is 0 Å². The van der Waals surface area contributed by atoms with E-state index in [1.54, 1.807) is 0 Å². The van der Waals surface area contributed by atoms with Crippen molar-refractivity contribution < 1.29 is 0 Å². The summed E-state index contributed by atoms with van der Waals surface area (Å²) in [6.07, 6.45) is 4.67. The van der Waals surface area contributed by atoms with Crippen LogP contribution in [0.4, 0.5) is 5.69 Å². The van der Waals surface area contributed by atoms with E-state index in [-0.39, 0.29) is 0 Å². The van der Waals surface area contributed by atoms with Gasteiger partial charge in [0.1, 0.15) is 18.5 Å². The van der Waals surface area contributed by atoms with E-state index >= 15 is 0 Å². The van der Waals surface area contributed by atoms with E-state index < -0.39 is 0 Å². The van der Waals surface area contributed by atoms with Gasteiger partial charge in [-0.15, -0.1) is 0 Å². The van der Waals surface area contributed by atoms with Crippen LogP contribution in [0.1, 0.15) is 11.4 Å². The van der Waals surface area contributed by atoms with Gasteiger partial charge in [0.15, 0.2) is 0 Å². The largest absolute Gasteiger partial charge is 0.399 e. The maximum absolute atomic E-state index is 5.83. The monoisotopic (exact) mass is 200 g/mol. The summed E-state index contributed by atoms with van der Waals surface area (Å²) in [4.78, 5) is 11.9. The second-order valence-corrected chi connectivity index (χ2v) is 3.25. The van der Waals surface area contributed by atoms with Crippen LogP contribution in [-0.2, 0) is 12.8 Å². The lowest BCUT2D eigenvalue weighted by Gasteiger charge is -2.03. The van der Waals surface area contributed by atoms with Crippen molar-refractivity contribution in [1.29, 1.82) is 0 Å². The highest BCUT2D eigenvalue weighted by atomic mass is 15.0. The molecule has 0 saturated heterocycles. The molecule has 0 radical (unpaired) electrons. The van der Waals surface area contributed by atoms with E-state index in [2.05, 4.69) is 15.0 Å². The molecule has 0 unspecified atom stereocenters. The fraction of sp³-hybridized carbons (Fsp3) is 0.182. The fourth-order valence-corrected chi connectivity index (χ4v) is 1.40. The number of para-hydroxylation sites is 1. The standard InChI is InChI=1S/C11H12N4/c12-10-4-2-1-3-9(10)5-6-11-14-7-13-8-15-11/h1-4,7-8H,5-6,12H2. The van der Waals surface area contributed by atoms with Crippen LogP contribution in [0.15, 0.2) is 36.9 Å². The Morgan fingerprint density at radius 2 is 1.73 bits per heavy atom. The molecule has 76 valence electrons. The Hall–Kier alpha value is -1.97. The van der Waals surface area contributed by atoms with Crippen LogP contribution in [0.5, 0.6) is 0 Å². The van der Waals surface area contributed by atoms with Crippen LogP contribution in [0.3, 0.4) is 0 Å². The molecule has 0 aliphatic carbocycles. The predicted molar refractivity (Wildman–Crippen MR) is 58.1 cm³/mol. The molecule has 0 aliphatic rings. The summed E-state index contributed by atoms with van der Waals surface area (Å²) >= 11 is 0. The molecule has 1 aromatic heterocycles. The molecule has 2 rings (SSSR count). The fourth-order valence-electron chi connectivity index (χ4n) is 1.40. The Kier molecular flexibility index (Phi) is 2.88. The van der Waals surface area contributed by atoms with Crippen molar-refractivity contribution in [3.63, 3.8) is 0 Å². The molecule has 4 heteroatoms. The third-order valence-electron chi connectivity index (χ3n) is 2.22. The summed E-state index contributed by atoms with van der Waals surface area (Å²) < 4.78 is 0. The Balaban J connectivity index is 2.03. The van der Waals surface area contributed by atoms with Crippen LogP contribution in [0.2, 0.25) is 0 Å². The van der Waals surface area contributed by atoms with Gasteiger partial charge in [-0.05, 0) is 18.1 Å². The van der Waals surface area contributed by atoms with Crippen molar-refractivity contribution in [3.8, 4) is 0 Å². The van der Waals surface area contributed by atoms with Crippen molar-refractivity contribution >= 4 is 5.69 Å². The van der Waals surface area contributed by atoms with Crippen molar-refractivity contribution in [2.45, 2.75) is 12.8 Å². The van der Waals surface area contributed by atoms with E-state index in [0.29, 0.717) is 0 Å². The highest BCUT2D eigenvalue weighted by Gasteiger charge is 2.00. The topological polar surface area (TPSA) is 64.7 Å². The highest BCUT2D eigenvalue weighted by Crippen LogP contribution is 2.12. The maximum atomic E-state index is 5.83. The SMILES string of the molecule is Nc1ccccc1CCc1ncncn1. The number of rotatable bonds is 3. The molecule has 0 fully saturated rings. The van der Waals surface area contributed by atoms with Gasteiger partial charge in [-0.25, -0.2) is 15.0 Å². The van der Waals surface area contributed by atoms with Gasteiger partial charge >= 0.3 is 0 Å². The molecule has 2 N–H and O–H groups in total. The molecule has 2 aromatic rings. The van der Waals surface area contributed by atoms with Crippen LogP contribution >= 0.6 is 0 Å². The van der Waals surface area contributed by atoms with E-state index in [1.807, 2.05) is 24.3 Å². The van der Waals surface area contributed by atoms with Crippen molar-refractivity contribution in [3.05, 3.63) is 48.3 Å². The molecule has 0 bridgehead atoms. The zero-order valence-electron chi connectivity index (χ0n) is 8.30. The van der Waals surface area contributed by atoms with Gasteiger partial charge in [0.05, 0.1) is 0 Å². The minimum atomic E-state index is 0.788. The summed E-state index contributed by atoms with van der Waals surface area (Å²) in [6.45, 7) is 0. The van der Waals surface area contributed by atoms with E-state index in [4.69, 9.17) is 5.73 Å². The molecule has 15 heavy (non-hydrogen) atoms. The zero-order valence-corrected chi connectivity index (χ0v) is 8.30. The summed E-state index contributed by atoms with van der Waals surface area (Å²) in [7, 11) is 0. The first-order valence-electron chi connectivity index (χ1n) is 4.80. The Morgan fingerprint density at radius 1 is 1.00 bits per heavy atom. The van der Waals surface area contributed by atoms with Crippen LogP contribution in [0, 0.1) is 0 Å². The number of benzene rings is 1.